The Morgan fingerprint density at radius 1 is 1.37 bits per heavy atom. The van der Waals surface area contributed by atoms with Crippen LogP contribution in [0.4, 0.5) is 0 Å². The number of carbonyl (C=O) groups is 1. The van der Waals surface area contributed by atoms with Gasteiger partial charge in [0.1, 0.15) is 0 Å². The van der Waals surface area contributed by atoms with E-state index in [-0.39, 0.29) is 6.61 Å². The summed E-state index contributed by atoms with van der Waals surface area (Å²) >= 11 is 0. The molecular weight excluding hydrogens is 274 g/mol. The maximum absolute atomic E-state index is 12.1. The van der Waals surface area contributed by atoms with Crippen LogP contribution in [0.1, 0.15) is 37.2 Å². The molecule has 0 atom stereocenters. The first kappa shape index (κ1) is 15.7. The maximum atomic E-state index is 12.1. The van der Waals surface area contributed by atoms with Crippen LogP contribution in [0.2, 0.25) is 0 Å². The number of hydrogen-bond donors (Lipinski definition) is 3. The van der Waals surface area contributed by atoms with Gasteiger partial charge in [-0.2, -0.15) is 0 Å². The molecular formula is C11H17NO6S. The Morgan fingerprint density at radius 2 is 1.95 bits per heavy atom. The van der Waals surface area contributed by atoms with E-state index >= 15 is 0 Å². The Hall–Kier alpha value is -1.38. The first-order valence-corrected chi connectivity index (χ1v) is 7.26. The van der Waals surface area contributed by atoms with E-state index in [9.17, 15) is 18.3 Å². The van der Waals surface area contributed by atoms with Crippen LogP contribution in [-0.2, 0) is 10.0 Å². The van der Waals surface area contributed by atoms with E-state index in [1.165, 1.54) is 0 Å². The van der Waals surface area contributed by atoms with Crippen LogP contribution in [0.15, 0.2) is 21.6 Å². The fraction of sp³-hybridized carbons (Fsp3) is 0.545. The third-order valence-corrected chi connectivity index (χ3v) is 4.51. The number of aromatic carboxylic acids is 1. The molecule has 0 amide bonds. The number of aliphatic hydroxyl groups excluding tert-OH is 1. The van der Waals surface area contributed by atoms with E-state index in [0.29, 0.717) is 12.8 Å². The Morgan fingerprint density at radius 3 is 2.32 bits per heavy atom. The number of sulfonamides is 1. The summed E-state index contributed by atoms with van der Waals surface area (Å²) in [5.41, 5.74) is -0.977. The largest absolute Gasteiger partial charge is 0.475 e. The third kappa shape index (κ3) is 3.34. The number of nitrogens with one attached hydrogen (secondary N) is 1. The third-order valence-electron chi connectivity index (χ3n) is 3.06. The summed E-state index contributed by atoms with van der Waals surface area (Å²) in [4.78, 5) is 10.6. The average Bonchev–Trinajstić information content (AvgIpc) is 2.86. The van der Waals surface area contributed by atoms with E-state index in [2.05, 4.69) is 4.72 Å². The summed E-state index contributed by atoms with van der Waals surface area (Å²) in [6.07, 6.45) is 0.789. The molecule has 1 rings (SSSR count). The molecule has 0 unspecified atom stereocenters. The van der Waals surface area contributed by atoms with Gasteiger partial charge in [0.05, 0.1) is 12.1 Å². The fourth-order valence-electron chi connectivity index (χ4n) is 1.57. The molecule has 0 aliphatic heterocycles. The van der Waals surface area contributed by atoms with Gasteiger partial charge < -0.3 is 14.6 Å². The van der Waals surface area contributed by atoms with E-state index < -0.39 is 32.4 Å². The second-order valence-electron chi connectivity index (χ2n) is 4.17. The molecule has 8 heteroatoms. The smallest absolute Gasteiger partial charge is 0.371 e. The molecule has 0 saturated heterocycles. The highest BCUT2D eigenvalue weighted by atomic mass is 32.2. The van der Waals surface area contributed by atoms with Crippen molar-refractivity contribution in [2.24, 2.45) is 0 Å². The first-order chi connectivity index (χ1) is 8.80. The molecule has 0 spiro atoms. The highest BCUT2D eigenvalue weighted by Crippen LogP contribution is 2.20. The van der Waals surface area contributed by atoms with Gasteiger partial charge in [0, 0.05) is 0 Å². The minimum atomic E-state index is -4.01. The quantitative estimate of drug-likeness (QED) is 0.684. The van der Waals surface area contributed by atoms with Crippen LogP contribution in [0, 0.1) is 0 Å². The van der Waals surface area contributed by atoms with Gasteiger partial charge in [-0.3, -0.25) is 0 Å². The molecule has 3 N–H and O–H groups in total. The lowest BCUT2D eigenvalue weighted by atomic mass is 9.96. The van der Waals surface area contributed by atoms with Crippen LogP contribution >= 0.6 is 0 Å². The molecule has 0 aliphatic carbocycles. The van der Waals surface area contributed by atoms with Crippen molar-refractivity contribution in [3.8, 4) is 0 Å². The van der Waals surface area contributed by atoms with Crippen molar-refractivity contribution < 1.29 is 27.8 Å². The molecule has 0 fully saturated rings. The van der Waals surface area contributed by atoms with E-state index in [4.69, 9.17) is 9.52 Å². The summed E-state index contributed by atoms with van der Waals surface area (Å²) < 4.78 is 31.2. The topological polar surface area (TPSA) is 117 Å². The molecule has 1 aromatic rings. The lowest BCUT2D eigenvalue weighted by molar-refractivity contribution is 0.0656. The number of rotatable bonds is 7. The average molecular weight is 291 g/mol. The molecule has 0 aliphatic rings. The molecule has 1 aromatic heterocycles. The maximum Gasteiger partial charge on any atom is 0.371 e. The van der Waals surface area contributed by atoms with Gasteiger partial charge in [0.15, 0.2) is 0 Å². The van der Waals surface area contributed by atoms with Gasteiger partial charge in [-0.1, -0.05) is 13.8 Å². The zero-order valence-electron chi connectivity index (χ0n) is 10.7. The van der Waals surface area contributed by atoms with Gasteiger partial charge in [-0.25, -0.2) is 17.9 Å². The highest BCUT2D eigenvalue weighted by Gasteiger charge is 2.33. The Labute approximate surface area is 111 Å². The van der Waals surface area contributed by atoms with Crippen LogP contribution in [0.3, 0.4) is 0 Å². The molecule has 108 valence electrons. The first-order valence-electron chi connectivity index (χ1n) is 5.78. The van der Waals surface area contributed by atoms with Crippen molar-refractivity contribution in [1.82, 2.24) is 4.72 Å². The van der Waals surface area contributed by atoms with Gasteiger partial charge in [0.25, 0.3) is 10.0 Å². The van der Waals surface area contributed by atoms with E-state index in [0.717, 1.165) is 12.1 Å². The monoisotopic (exact) mass is 291 g/mol. The molecule has 0 aromatic carbocycles. The summed E-state index contributed by atoms with van der Waals surface area (Å²) in [6.45, 7) is 3.13. The Kier molecular flexibility index (Phi) is 4.72. The summed E-state index contributed by atoms with van der Waals surface area (Å²) in [5.74, 6) is -1.80. The zero-order valence-corrected chi connectivity index (χ0v) is 11.5. The molecule has 7 nitrogen and oxygen atoms in total. The van der Waals surface area contributed by atoms with Gasteiger partial charge in [-0.15, -0.1) is 0 Å². The summed E-state index contributed by atoms with van der Waals surface area (Å²) in [5, 5.41) is 17.5. The number of carboxylic acid groups (broad SMARTS) is 1. The van der Waals surface area contributed by atoms with Gasteiger partial charge in [0.2, 0.25) is 10.9 Å². The minimum absolute atomic E-state index is 0.355. The van der Waals surface area contributed by atoms with Gasteiger partial charge in [-0.05, 0) is 25.0 Å². The van der Waals surface area contributed by atoms with Crippen molar-refractivity contribution in [2.45, 2.75) is 37.3 Å². The predicted octanol–water partition coefficient (Wildman–Crippen LogP) is 0.807. The van der Waals surface area contributed by atoms with E-state index in [1.807, 2.05) is 0 Å². The highest BCUT2D eigenvalue weighted by molar-refractivity contribution is 7.89. The SMILES string of the molecule is CCC(CC)(CO)NS(=O)(=O)c1ccc(C(=O)O)o1. The normalized spacial score (nSPS) is 12.6. The second-order valence-corrected chi connectivity index (χ2v) is 5.79. The van der Waals surface area contributed by atoms with Crippen molar-refractivity contribution in [1.29, 1.82) is 0 Å². The molecule has 0 saturated carbocycles. The van der Waals surface area contributed by atoms with Crippen molar-refractivity contribution in [3.63, 3.8) is 0 Å². The van der Waals surface area contributed by atoms with Crippen molar-refractivity contribution >= 4 is 16.0 Å². The van der Waals surface area contributed by atoms with Crippen molar-refractivity contribution in [3.05, 3.63) is 17.9 Å². The van der Waals surface area contributed by atoms with E-state index in [1.54, 1.807) is 13.8 Å². The molecule has 1 heterocycles. The van der Waals surface area contributed by atoms with Crippen LogP contribution in [0.25, 0.3) is 0 Å². The fourth-order valence-corrected chi connectivity index (χ4v) is 3.04. The number of furan rings is 1. The number of carboxylic acids is 1. The second kappa shape index (κ2) is 5.72. The minimum Gasteiger partial charge on any atom is -0.475 e. The number of hydrogen-bond acceptors (Lipinski definition) is 5. The van der Waals surface area contributed by atoms with Gasteiger partial charge >= 0.3 is 5.97 Å². The van der Waals surface area contributed by atoms with Crippen LogP contribution in [0.5, 0.6) is 0 Å². The Balaban J connectivity index is 3.06. The molecule has 19 heavy (non-hydrogen) atoms. The Bertz CT molecular complexity index is 535. The van der Waals surface area contributed by atoms with Crippen molar-refractivity contribution in [2.75, 3.05) is 6.61 Å². The summed E-state index contributed by atoms with van der Waals surface area (Å²) in [6, 6.07) is 2.13. The zero-order chi connectivity index (χ0) is 14.7. The standard InChI is InChI=1S/C11H17NO6S/c1-3-11(4-2,7-13)12-19(16,17)9-6-5-8(18-9)10(14)15/h5-6,12-13H,3-4,7H2,1-2H3,(H,14,15). The lowest BCUT2D eigenvalue weighted by Crippen LogP contribution is -2.50. The van der Waals surface area contributed by atoms with Crippen LogP contribution in [-0.4, -0.2) is 36.7 Å². The lowest BCUT2D eigenvalue weighted by Gasteiger charge is -2.29. The molecule has 0 bridgehead atoms. The summed E-state index contributed by atoms with van der Waals surface area (Å²) in [7, 11) is -4.01. The predicted molar refractivity (Wildman–Crippen MR) is 66.4 cm³/mol. The van der Waals surface area contributed by atoms with Crippen LogP contribution < -0.4 is 4.72 Å². The number of aliphatic hydroxyl groups is 1. The molecule has 0 radical (unpaired) electrons.